The Labute approximate surface area is 120 Å². The van der Waals surface area contributed by atoms with Crippen LogP contribution in [0.4, 0.5) is 0 Å². The molecule has 0 heterocycles. The zero-order valence-corrected chi connectivity index (χ0v) is 12.5. The van der Waals surface area contributed by atoms with Gasteiger partial charge >= 0.3 is 0 Å². The highest BCUT2D eigenvalue weighted by atomic mass is 79.9. The fourth-order valence-electron chi connectivity index (χ4n) is 1.90. The first-order valence-corrected chi connectivity index (χ1v) is 7.02. The molecule has 0 bridgehead atoms. The summed E-state index contributed by atoms with van der Waals surface area (Å²) in [6.07, 6.45) is 1.53. The normalized spacial score (nSPS) is 17.9. The molecule has 1 unspecified atom stereocenters. The molecule has 1 fully saturated rings. The first kappa shape index (κ1) is 13.5. The van der Waals surface area contributed by atoms with Crippen LogP contribution in [-0.2, 0) is 4.79 Å². The van der Waals surface area contributed by atoms with Gasteiger partial charge in [0.25, 0.3) is 0 Å². The zero-order valence-electron chi connectivity index (χ0n) is 10.1. The van der Waals surface area contributed by atoms with E-state index in [4.69, 9.17) is 18.0 Å². The lowest BCUT2D eigenvalue weighted by Crippen LogP contribution is -2.40. The van der Waals surface area contributed by atoms with Crippen LogP contribution in [0.25, 0.3) is 0 Å². The van der Waals surface area contributed by atoms with Gasteiger partial charge in [0.1, 0.15) is 0 Å². The van der Waals surface area contributed by atoms with Crippen molar-refractivity contribution < 1.29 is 4.79 Å². The van der Waals surface area contributed by atoms with E-state index in [0.29, 0.717) is 4.99 Å². The summed E-state index contributed by atoms with van der Waals surface area (Å²) in [5.74, 6) is -0.0533. The predicted octanol–water partition coefficient (Wildman–Crippen LogP) is 2.69. The van der Waals surface area contributed by atoms with Gasteiger partial charge in [-0.05, 0) is 37.5 Å². The maximum Gasteiger partial charge on any atom is 0.233 e. The Morgan fingerprint density at radius 3 is 2.72 bits per heavy atom. The highest BCUT2D eigenvalue weighted by molar-refractivity contribution is 9.10. The summed E-state index contributed by atoms with van der Waals surface area (Å²) in [6, 6.07) is 7.82. The molecular weight excluding hydrogens is 312 g/mol. The monoisotopic (exact) mass is 326 g/mol. The van der Waals surface area contributed by atoms with Crippen LogP contribution in [0.5, 0.6) is 0 Å². The van der Waals surface area contributed by atoms with E-state index < -0.39 is 5.41 Å². The molecule has 1 aromatic carbocycles. The maximum absolute atomic E-state index is 12.1. The number of carbonyl (C=O) groups excluding carboxylic acids is 1. The van der Waals surface area contributed by atoms with E-state index in [2.05, 4.69) is 21.2 Å². The number of nitrogens with two attached hydrogens (primary N) is 1. The van der Waals surface area contributed by atoms with E-state index in [1.807, 2.05) is 31.2 Å². The lowest BCUT2D eigenvalue weighted by atomic mass is 10.0. The first-order valence-electron chi connectivity index (χ1n) is 5.82. The fraction of sp³-hybridized carbons (Fsp3) is 0.385. The van der Waals surface area contributed by atoms with Gasteiger partial charge in [-0.15, -0.1) is 0 Å². The van der Waals surface area contributed by atoms with E-state index in [0.717, 1.165) is 22.9 Å². The molecular formula is C13H15BrN2OS. The van der Waals surface area contributed by atoms with Gasteiger partial charge in [0.15, 0.2) is 0 Å². The molecule has 0 aliphatic heterocycles. The second-order valence-electron chi connectivity index (χ2n) is 4.70. The fourth-order valence-corrected chi connectivity index (χ4v) is 2.62. The first-order chi connectivity index (χ1) is 8.45. The van der Waals surface area contributed by atoms with Crippen LogP contribution in [0.2, 0.25) is 0 Å². The van der Waals surface area contributed by atoms with E-state index in [1.54, 1.807) is 0 Å². The SMILES string of the molecule is CC(NC(=O)C1(C(N)=S)CC1)c1cccc(Br)c1. The summed E-state index contributed by atoms with van der Waals surface area (Å²) >= 11 is 8.39. The highest BCUT2D eigenvalue weighted by Gasteiger charge is 2.52. The minimum atomic E-state index is -0.588. The van der Waals surface area contributed by atoms with E-state index in [1.165, 1.54) is 0 Å². The third kappa shape index (κ3) is 2.57. The lowest BCUT2D eigenvalue weighted by molar-refractivity contribution is -0.124. The van der Waals surface area contributed by atoms with Gasteiger partial charge in [0.05, 0.1) is 16.4 Å². The second-order valence-corrected chi connectivity index (χ2v) is 6.05. The summed E-state index contributed by atoms with van der Waals surface area (Å²) in [5.41, 5.74) is 6.10. The largest absolute Gasteiger partial charge is 0.392 e. The molecule has 3 N–H and O–H groups in total. The molecule has 5 heteroatoms. The molecule has 1 amide bonds. The maximum atomic E-state index is 12.1. The van der Waals surface area contributed by atoms with Crippen molar-refractivity contribution in [1.82, 2.24) is 5.32 Å². The molecule has 2 rings (SSSR count). The number of thiocarbonyl (C=S) groups is 1. The van der Waals surface area contributed by atoms with Crippen molar-refractivity contribution in [3.05, 3.63) is 34.3 Å². The number of rotatable bonds is 4. The Kier molecular flexibility index (Phi) is 3.73. The quantitative estimate of drug-likeness (QED) is 0.836. The molecule has 96 valence electrons. The average molecular weight is 327 g/mol. The minimum Gasteiger partial charge on any atom is -0.392 e. The van der Waals surface area contributed by atoms with Crippen LogP contribution in [-0.4, -0.2) is 10.9 Å². The van der Waals surface area contributed by atoms with Crippen molar-refractivity contribution in [1.29, 1.82) is 0 Å². The Bertz CT molecular complexity index is 500. The van der Waals surface area contributed by atoms with Gasteiger partial charge in [-0.3, -0.25) is 4.79 Å². The second kappa shape index (κ2) is 4.97. The third-order valence-electron chi connectivity index (χ3n) is 3.35. The molecule has 3 nitrogen and oxygen atoms in total. The van der Waals surface area contributed by atoms with E-state index in [9.17, 15) is 4.79 Å². The Morgan fingerprint density at radius 1 is 1.56 bits per heavy atom. The molecule has 1 aliphatic rings. The molecule has 18 heavy (non-hydrogen) atoms. The zero-order chi connectivity index (χ0) is 13.3. The van der Waals surface area contributed by atoms with Gasteiger partial charge in [-0.2, -0.15) is 0 Å². The van der Waals surface area contributed by atoms with Gasteiger partial charge in [-0.25, -0.2) is 0 Å². The van der Waals surface area contributed by atoms with Gasteiger partial charge in [0, 0.05) is 4.47 Å². The van der Waals surface area contributed by atoms with Crippen LogP contribution >= 0.6 is 28.1 Å². The number of carbonyl (C=O) groups is 1. The number of hydrogen-bond acceptors (Lipinski definition) is 2. The van der Waals surface area contributed by atoms with Crippen LogP contribution in [0.15, 0.2) is 28.7 Å². The van der Waals surface area contributed by atoms with Crippen LogP contribution in [0.1, 0.15) is 31.4 Å². The summed E-state index contributed by atoms with van der Waals surface area (Å²) in [4.78, 5) is 12.5. The van der Waals surface area contributed by atoms with Crippen LogP contribution in [0.3, 0.4) is 0 Å². The van der Waals surface area contributed by atoms with Crippen molar-refractivity contribution in [2.45, 2.75) is 25.8 Å². The molecule has 0 radical (unpaired) electrons. The predicted molar refractivity (Wildman–Crippen MR) is 79.2 cm³/mol. The number of nitrogens with one attached hydrogen (secondary N) is 1. The van der Waals surface area contributed by atoms with Gasteiger partial charge < -0.3 is 11.1 Å². The minimum absolute atomic E-state index is 0.0533. The molecule has 1 saturated carbocycles. The smallest absolute Gasteiger partial charge is 0.233 e. The number of amides is 1. The summed E-state index contributed by atoms with van der Waals surface area (Å²) in [7, 11) is 0. The molecule has 0 spiro atoms. The van der Waals surface area contributed by atoms with Crippen molar-refractivity contribution in [2.24, 2.45) is 11.1 Å². The van der Waals surface area contributed by atoms with E-state index in [-0.39, 0.29) is 11.9 Å². The summed E-state index contributed by atoms with van der Waals surface area (Å²) in [6.45, 7) is 1.95. The summed E-state index contributed by atoms with van der Waals surface area (Å²) in [5, 5.41) is 2.98. The van der Waals surface area contributed by atoms with Crippen molar-refractivity contribution in [3.8, 4) is 0 Å². The van der Waals surface area contributed by atoms with Crippen LogP contribution in [0, 0.1) is 5.41 Å². The third-order valence-corrected chi connectivity index (χ3v) is 4.24. The molecule has 1 atom stereocenters. The molecule has 1 aliphatic carbocycles. The van der Waals surface area contributed by atoms with Gasteiger partial charge in [0.2, 0.25) is 5.91 Å². The average Bonchev–Trinajstić information content (AvgIpc) is 3.09. The molecule has 1 aromatic rings. The topological polar surface area (TPSA) is 55.1 Å². The molecule has 0 saturated heterocycles. The lowest BCUT2D eigenvalue weighted by Gasteiger charge is -2.19. The Morgan fingerprint density at radius 2 is 2.22 bits per heavy atom. The Balaban J connectivity index is 2.06. The Hall–Kier alpha value is -0.940. The van der Waals surface area contributed by atoms with Crippen molar-refractivity contribution >= 4 is 39.0 Å². The van der Waals surface area contributed by atoms with Crippen molar-refractivity contribution in [3.63, 3.8) is 0 Å². The summed E-state index contributed by atoms with van der Waals surface area (Å²) < 4.78 is 0.997. The van der Waals surface area contributed by atoms with E-state index >= 15 is 0 Å². The van der Waals surface area contributed by atoms with Gasteiger partial charge in [-0.1, -0.05) is 40.3 Å². The molecule has 0 aromatic heterocycles. The standard InChI is InChI=1S/C13H15BrN2OS/c1-8(9-3-2-4-10(14)7-9)16-12(17)13(5-6-13)11(15)18/h2-4,7-8H,5-6H2,1H3,(H2,15,18)(H,16,17). The highest BCUT2D eigenvalue weighted by Crippen LogP contribution is 2.46. The number of hydrogen-bond donors (Lipinski definition) is 2. The van der Waals surface area contributed by atoms with Crippen molar-refractivity contribution in [2.75, 3.05) is 0 Å². The van der Waals surface area contributed by atoms with Crippen LogP contribution < -0.4 is 11.1 Å². The number of benzene rings is 1. The number of halogens is 1.